The zero-order valence-electron chi connectivity index (χ0n) is 18.6. The van der Waals surface area contributed by atoms with Crippen LogP contribution in [0.2, 0.25) is 0 Å². The molecule has 3 heterocycles. The van der Waals surface area contributed by atoms with Gasteiger partial charge in [0.1, 0.15) is 46.3 Å². The topological polar surface area (TPSA) is 106 Å². The van der Waals surface area contributed by atoms with Crippen molar-refractivity contribution in [3.63, 3.8) is 0 Å². The Morgan fingerprint density at radius 3 is 2.54 bits per heavy atom. The van der Waals surface area contributed by atoms with E-state index in [0.29, 0.717) is 11.1 Å². The average molecular weight is 468 g/mol. The number of ether oxygens (including phenoxy) is 2. The number of para-hydroxylation sites is 1. The highest BCUT2D eigenvalue weighted by molar-refractivity contribution is 5.94. The molecule has 7 nitrogen and oxygen atoms in total. The summed E-state index contributed by atoms with van der Waals surface area (Å²) >= 11 is 0. The van der Waals surface area contributed by atoms with Gasteiger partial charge in [0, 0.05) is 23.1 Å². The van der Waals surface area contributed by atoms with E-state index >= 15 is 0 Å². The van der Waals surface area contributed by atoms with E-state index in [0.717, 1.165) is 16.9 Å². The smallest absolute Gasteiger partial charge is 0.312 e. The Kier molecular flexibility index (Phi) is 4.67. The van der Waals surface area contributed by atoms with Gasteiger partial charge in [-0.2, -0.15) is 0 Å². The summed E-state index contributed by atoms with van der Waals surface area (Å²) in [6.45, 7) is 1.91. The van der Waals surface area contributed by atoms with Crippen LogP contribution in [0.15, 0.2) is 75.6 Å². The lowest BCUT2D eigenvalue weighted by atomic mass is 9.81. The van der Waals surface area contributed by atoms with Crippen molar-refractivity contribution >= 4 is 23.0 Å². The number of carbonyl (C=O) groups excluding carboxylic acids is 1. The summed E-state index contributed by atoms with van der Waals surface area (Å²) in [5, 5.41) is 20.3. The molecule has 1 aromatic heterocycles. The summed E-state index contributed by atoms with van der Waals surface area (Å²) in [6, 6.07) is 15.0. The van der Waals surface area contributed by atoms with Crippen molar-refractivity contribution in [3.8, 4) is 34.1 Å². The van der Waals surface area contributed by atoms with Gasteiger partial charge in [-0.25, -0.2) is 0 Å². The second-order valence-electron chi connectivity index (χ2n) is 8.71. The van der Waals surface area contributed by atoms with E-state index in [1.807, 2.05) is 37.3 Å². The van der Waals surface area contributed by atoms with Gasteiger partial charge in [-0.05, 0) is 42.3 Å². The number of benzene rings is 3. The Bertz CT molecular complexity index is 1590. The van der Waals surface area contributed by atoms with E-state index in [9.17, 15) is 19.8 Å². The van der Waals surface area contributed by atoms with Crippen molar-refractivity contribution in [3.05, 3.63) is 87.8 Å². The first-order chi connectivity index (χ1) is 16.9. The molecule has 0 amide bonds. The van der Waals surface area contributed by atoms with Crippen LogP contribution in [0.4, 0.5) is 0 Å². The van der Waals surface area contributed by atoms with E-state index in [2.05, 4.69) is 0 Å². The van der Waals surface area contributed by atoms with Crippen LogP contribution in [0, 0.1) is 0 Å². The molecule has 0 spiro atoms. The molecule has 174 valence electrons. The van der Waals surface area contributed by atoms with Gasteiger partial charge in [-0.3, -0.25) is 9.59 Å². The first-order valence-electron chi connectivity index (χ1n) is 11.2. The number of hydrogen-bond donors (Lipinski definition) is 2. The third-order valence-electron chi connectivity index (χ3n) is 6.57. The summed E-state index contributed by atoms with van der Waals surface area (Å²) in [5.41, 5.74) is 2.76. The van der Waals surface area contributed by atoms with Gasteiger partial charge in [0.2, 0.25) is 5.43 Å². The van der Waals surface area contributed by atoms with Gasteiger partial charge < -0.3 is 24.1 Å². The SMILES string of the molecule is C[C@@H]1Oc2ccccc2C=C1[C@@H]1CC(=O)Oc2cc(O)c3c(=O)c(-c4ccc(O)cc4)coc3c21. The van der Waals surface area contributed by atoms with Gasteiger partial charge in [0.25, 0.3) is 0 Å². The molecular weight excluding hydrogens is 448 g/mol. The van der Waals surface area contributed by atoms with Crippen molar-refractivity contribution < 1.29 is 28.9 Å². The van der Waals surface area contributed by atoms with Gasteiger partial charge in [-0.1, -0.05) is 30.3 Å². The second-order valence-corrected chi connectivity index (χ2v) is 8.71. The van der Waals surface area contributed by atoms with E-state index in [1.54, 1.807) is 12.1 Å². The monoisotopic (exact) mass is 468 g/mol. The van der Waals surface area contributed by atoms with Crippen molar-refractivity contribution in [2.24, 2.45) is 0 Å². The van der Waals surface area contributed by atoms with Crippen molar-refractivity contribution in [2.75, 3.05) is 0 Å². The Labute approximate surface area is 199 Å². The van der Waals surface area contributed by atoms with Crippen molar-refractivity contribution in [2.45, 2.75) is 25.4 Å². The molecule has 2 N–H and O–H groups in total. The third kappa shape index (κ3) is 3.35. The summed E-state index contributed by atoms with van der Waals surface area (Å²) in [4.78, 5) is 26.0. The molecule has 0 saturated carbocycles. The zero-order chi connectivity index (χ0) is 24.3. The molecular formula is C28H20O7. The summed E-state index contributed by atoms with van der Waals surface area (Å²) < 4.78 is 17.5. The maximum absolute atomic E-state index is 13.5. The van der Waals surface area contributed by atoms with Crippen LogP contribution < -0.4 is 14.9 Å². The molecule has 3 aromatic carbocycles. The number of rotatable bonds is 2. The van der Waals surface area contributed by atoms with Crippen LogP contribution in [0.3, 0.4) is 0 Å². The lowest BCUT2D eigenvalue weighted by molar-refractivity contribution is -0.135. The number of phenols is 2. The minimum absolute atomic E-state index is 0.00246. The van der Waals surface area contributed by atoms with Crippen LogP contribution in [0.25, 0.3) is 28.2 Å². The van der Waals surface area contributed by atoms with Gasteiger partial charge in [0.15, 0.2) is 0 Å². The number of phenolic OH excluding ortho intramolecular Hbond substituents is 2. The minimum atomic E-state index is -0.472. The molecule has 0 saturated heterocycles. The minimum Gasteiger partial charge on any atom is -0.508 e. The van der Waals surface area contributed by atoms with E-state index in [1.165, 1.54) is 24.5 Å². The highest BCUT2D eigenvalue weighted by atomic mass is 16.5. The molecule has 0 unspecified atom stereocenters. The fourth-order valence-corrected chi connectivity index (χ4v) is 4.90. The predicted molar refractivity (Wildman–Crippen MR) is 129 cm³/mol. The Hall–Kier alpha value is -4.52. The fourth-order valence-electron chi connectivity index (χ4n) is 4.90. The lowest BCUT2D eigenvalue weighted by Gasteiger charge is -2.33. The summed E-state index contributed by atoms with van der Waals surface area (Å²) in [7, 11) is 0. The van der Waals surface area contributed by atoms with Gasteiger partial charge >= 0.3 is 5.97 Å². The molecule has 0 bridgehead atoms. The largest absolute Gasteiger partial charge is 0.508 e. The van der Waals surface area contributed by atoms with Crippen LogP contribution >= 0.6 is 0 Å². The molecule has 0 radical (unpaired) electrons. The van der Waals surface area contributed by atoms with E-state index in [4.69, 9.17) is 13.9 Å². The third-order valence-corrected chi connectivity index (χ3v) is 6.57. The highest BCUT2D eigenvalue weighted by Gasteiger charge is 2.37. The second kappa shape index (κ2) is 7.77. The quantitative estimate of drug-likeness (QED) is 0.310. The molecule has 2 aliphatic heterocycles. The average Bonchev–Trinajstić information content (AvgIpc) is 2.83. The molecule has 7 heteroatoms. The first kappa shape index (κ1) is 21.0. The number of carbonyl (C=O) groups is 1. The van der Waals surface area contributed by atoms with E-state index < -0.39 is 17.3 Å². The molecule has 0 aliphatic carbocycles. The van der Waals surface area contributed by atoms with Gasteiger partial charge in [0.05, 0.1) is 12.0 Å². The number of hydrogen-bond acceptors (Lipinski definition) is 7. The maximum atomic E-state index is 13.5. The highest BCUT2D eigenvalue weighted by Crippen LogP contribution is 2.48. The maximum Gasteiger partial charge on any atom is 0.312 e. The van der Waals surface area contributed by atoms with Crippen LogP contribution in [0.5, 0.6) is 23.0 Å². The number of aromatic hydroxyl groups is 2. The summed E-state index contributed by atoms with van der Waals surface area (Å²) in [5.74, 6) is -0.281. The zero-order valence-corrected chi connectivity index (χ0v) is 18.6. The normalized spacial score (nSPS) is 18.8. The Morgan fingerprint density at radius 2 is 1.74 bits per heavy atom. The van der Waals surface area contributed by atoms with Crippen LogP contribution in [-0.4, -0.2) is 22.3 Å². The Balaban J connectivity index is 1.58. The predicted octanol–water partition coefficient (Wildman–Crippen LogP) is 5.13. The molecule has 4 aromatic rings. The standard InChI is InChI=1S/C28H20O7/c1-14-18(10-16-4-2-3-5-22(16)34-14)19-11-24(31)35-23-12-21(30)26-27(32)20(13-33-28(26)25(19)23)15-6-8-17(29)9-7-15/h2-10,12-14,19,29-30H,11H2,1H3/t14-,19-/m0/s1. The fraction of sp³-hybridized carbons (Fsp3) is 0.143. The molecule has 35 heavy (non-hydrogen) atoms. The lowest BCUT2D eigenvalue weighted by Crippen LogP contribution is -2.29. The molecule has 6 rings (SSSR count). The summed E-state index contributed by atoms with van der Waals surface area (Å²) in [6.07, 6.45) is 3.03. The van der Waals surface area contributed by atoms with Crippen LogP contribution in [0.1, 0.15) is 30.4 Å². The van der Waals surface area contributed by atoms with Gasteiger partial charge in [-0.15, -0.1) is 0 Å². The number of esters is 1. The van der Waals surface area contributed by atoms with Crippen molar-refractivity contribution in [1.82, 2.24) is 0 Å². The van der Waals surface area contributed by atoms with Crippen molar-refractivity contribution in [1.29, 1.82) is 0 Å². The molecule has 2 aliphatic rings. The first-order valence-corrected chi connectivity index (χ1v) is 11.2. The Morgan fingerprint density at radius 1 is 0.971 bits per heavy atom. The van der Waals surface area contributed by atoms with E-state index in [-0.39, 0.29) is 46.3 Å². The molecule has 0 fully saturated rings. The number of fused-ring (bicyclic) bond motifs is 4. The molecule has 2 atom stereocenters. The van der Waals surface area contributed by atoms with Crippen LogP contribution in [-0.2, 0) is 4.79 Å².